The highest BCUT2D eigenvalue weighted by atomic mass is 19.4. The molecule has 2 nitrogen and oxygen atoms in total. The predicted molar refractivity (Wildman–Crippen MR) is 54.8 cm³/mol. The van der Waals surface area contributed by atoms with Crippen molar-refractivity contribution in [3.63, 3.8) is 0 Å². The van der Waals surface area contributed by atoms with Crippen LogP contribution in [0.1, 0.15) is 45.4 Å². The van der Waals surface area contributed by atoms with Gasteiger partial charge in [0.2, 0.25) is 0 Å². The van der Waals surface area contributed by atoms with Gasteiger partial charge in [-0.05, 0) is 12.8 Å². The average molecular weight is 237 g/mol. The van der Waals surface area contributed by atoms with Crippen molar-refractivity contribution < 1.29 is 18.0 Å². The molecule has 0 radical (unpaired) electrons. The van der Waals surface area contributed by atoms with E-state index < -0.39 is 17.5 Å². The van der Waals surface area contributed by atoms with Crippen molar-refractivity contribution >= 4 is 5.78 Å². The minimum atomic E-state index is -4.65. The summed E-state index contributed by atoms with van der Waals surface area (Å²) in [4.78, 5) is 11.5. The third-order valence-corrected chi connectivity index (χ3v) is 3.37. The summed E-state index contributed by atoms with van der Waals surface area (Å²) in [5.41, 5.74) is 2.39. The zero-order valence-electron chi connectivity index (χ0n) is 9.44. The van der Waals surface area contributed by atoms with Crippen LogP contribution >= 0.6 is 0 Å². The number of carbonyl (C=O) groups excluding carboxylic acids is 1. The smallest absolute Gasteiger partial charge is 0.312 e. The van der Waals surface area contributed by atoms with Gasteiger partial charge >= 0.3 is 6.18 Å². The summed E-state index contributed by atoms with van der Waals surface area (Å²) in [7, 11) is 0. The number of Topliss-reactive ketones (excluding diaryl/α,β-unsaturated/α-hetero) is 1. The van der Waals surface area contributed by atoms with Crippen molar-refractivity contribution in [2.75, 3.05) is 0 Å². The number of alkyl halides is 3. The molecule has 1 atom stereocenters. The zero-order chi connectivity index (χ0) is 12.4. The molecular formula is C11H18F3NO. The molecule has 94 valence electrons. The number of rotatable bonds is 3. The van der Waals surface area contributed by atoms with Crippen molar-refractivity contribution in [2.24, 2.45) is 11.7 Å². The standard InChI is InChI=1S/C11H18F3NO/c1-10(15,11(12,13)14)9(16)7-8-5-3-2-4-6-8/h8H,2-7,15H2,1H3. The lowest BCUT2D eigenvalue weighted by Crippen LogP contribution is -2.57. The van der Waals surface area contributed by atoms with E-state index in [0.29, 0.717) is 0 Å². The number of nitrogens with two attached hydrogens (primary N) is 1. The highest BCUT2D eigenvalue weighted by Gasteiger charge is 2.53. The lowest BCUT2D eigenvalue weighted by molar-refractivity contribution is -0.186. The molecule has 0 bridgehead atoms. The van der Waals surface area contributed by atoms with E-state index in [-0.39, 0.29) is 12.3 Å². The minimum Gasteiger partial charge on any atom is -0.312 e. The topological polar surface area (TPSA) is 43.1 Å². The molecule has 1 aliphatic rings. The van der Waals surface area contributed by atoms with Crippen molar-refractivity contribution in [1.82, 2.24) is 0 Å². The maximum Gasteiger partial charge on any atom is 0.413 e. The molecule has 1 saturated carbocycles. The Labute approximate surface area is 93.4 Å². The first-order chi connectivity index (χ1) is 7.25. The summed E-state index contributed by atoms with van der Waals surface area (Å²) in [6.45, 7) is 0.762. The molecule has 0 aromatic heterocycles. The van der Waals surface area contributed by atoms with Crippen molar-refractivity contribution in [1.29, 1.82) is 0 Å². The molecule has 1 fully saturated rings. The lowest BCUT2D eigenvalue weighted by Gasteiger charge is -2.29. The van der Waals surface area contributed by atoms with Crippen LogP contribution in [0.25, 0.3) is 0 Å². The Balaban J connectivity index is 2.57. The summed E-state index contributed by atoms with van der Waals surface area (Å²) < 4.78 is 37.5. The second-order valence-corrected chi connectivity index (χ2v) is 4.83. The van der Waals surface area contributed by atoms with Gasteiger partial charge in [-0.25, -0.2) is 0 Å². The third kappa shape index (κ3) is 2.97. The van der Waals surface area contributed by atoms with E-state index in [1.165, 1.54) is 0 Å². The van der Waals surface area contributed by atoms with Gasteiger partial charge in [0.1, 0.15) is 0 Å². The molecule has 0 heterocycles. The lowest BCUT2D eigenvalue weighted by atomic mass is 9.82. The van der Waals surface area contributed by atoms with E-state index in [9.17, 15) is 18.0 Å². The fourth-order valence-corrected chi connectivity index (χ4v) is 2.02. The maximum absolute atomic E-state index is 12.5. The van der Waals surface area contributed by atoms with E-state index >= 15 is 0 Å². The van der Waals surface area contributed by atoms with Gasteiger partial charge in [0, 0.05) is 6.42 Å². The van der Waals surface area contributed by atoms with E-state index in [0.717, 1.165) is 39.0 Å². The number of carbonyl (C=O) groups is 1. The molecule has 16 heavy (non-hydrogen) atoms. The molecular weight excluding hydrogens is 219 g/mol. The van der Waals surface area contributed by atoms with E-state index in [4.69, 9.17) is 5.73 Å². The Kier molecular flexibility index (Phi) is 3.99. The van der Waals surface area contributed by atoms with Crippen LogP contribution in [0.3, 0.4) is 0 Å². The number of halogens is 3. The van der Waals surface area contributed by atoms with Crippen molar-refractivity contribution in [3.05, 3.63) is 0 Å². The summed E-state index contributed by atoms with van der Waals surface area (Å²) in [5, 5.41) is 0. The predicted octanol–water partition coefficient (Wildman–Crippen LogP) is 2.81. The summed E-state index contributed by atoms with van der Waals surface area (Å²) >= 11 is 0. The van der Waals surface area contributed by atoms with Crippen molar-refractivity contribution in [3.8, 4) is 0 Å². The first-order valence-electron chi connectivity index (χ1n) is 5.64. The number of hydrogen-bond acceptors (Lipinski definition) is 2. The molecule has 1 rings (SSSR count). The number of ketones is 1. The second kappa shape index (κ2) is 4.73. The second-order valence-electron chi connectivity index (χ2n) is 4.83. The minimum absolute atomic E-state index is 0.0352. The molecule has 2 N–H and O–H groups in total. The quantitative estimate of drug-likeness (QED) is 0.820. The van der Waals surface area contributed by atoms with Gasteiger partial charge in [-0.3, -0.25) is 4.79 Å². The van der Waals surface area contributed by atoms with Crippen LogP contribution in [-0.4, -0.2) is 17.5 Å². The highest BCUT2D eigenvalue weighted by molar-refractivity contribution is 5.88. The van der Waals surface area contributed by atoms with Gasteiger partial charge in [0.05, 0.1) is 0 Å². The van der Waals surface area contributed by atoms with Gasteiger partial charge in [0.15, 0.2) is 11.3 Å². The fraction of sp³-hybridized carbons (Fsp3) is 0.909. The van der Waals surface area contributed by atoms with Gasteiger partial charge in [-0.1, -0.05) is 32.1 Å². The molecule has 5 heteroatoms. The monoisotopic (exact) mass is 237 g/mol. The molecule has 0 aromatic rings. The molecule has 1 aliphatic carbocycles. The van der Waals surface area contributed by atoms with Crippen molar-refractivity contribution in [2.45, 2.75) is 57.2 Å². The van der Waals surface area contributed by atoms with Crippen LogP contribution in [0, 0.1) is 5.92 Å². The molecule has 1 unspecified atom stereocenters. The molecule has 0 saturated heterocycles. The summed E-state index contributed by atoms with van der Waals surface area (Å²) in [6.07, 6.45) is 0.130. The molecule has 0 aromatic carbocycles. The van der Waals surface area contributed by atoms with Crippen LogP contribution in [0.2, 0.25) is 0 Å². The Morgan fingerprint density at radius 3 is 2.19 bits per heavy atom. The summed E-state index contributed by atoms with van der Waals surface area (Å²) in [6, 6.07) is 0. The molecule has 0 aliphatic heterocycles. The average Bonchev–Trinajstić information content (AvgIpc) is 2.17. The Hall–Kier alpha value is -0.580. The summed E-state index contributed by atoms with van der Waals surface area (Å²) in [5.74, 6) is -0.793. The van der Waals surface area contributed by atoms with Gasteiger partial charge in [-0.15, -0.1) is 0 Å². The number of hydrogen-bond donors (Lipinski definition) is 1. The fourth-order valence-electron chi connectivity index (χ4n) is 2.02. The van der Waals surface area contributed by atoms with Crippen LogP contribution in [0.4, 0.5) is 13.2 Å². The van der Waals surface area contributed by atoms with Crippen LogP contribution in [0.15, 0.2) is 0 Å². The van der Waals surface area contributed by atoms with Crippen LogP contribution in [-0.2, 0) is 4.79 Å². The zero-order valence-corrected chi connectivity index (χ0v) is 9.44. The van der Waals surface area contributed by atoms with E-state index in [1.807, 2.05) is 0 Å². The SMILES string of the molecule is CC(N)(C(=O)CC1CCCCC1)C(F)(F)F. The molecule has 0 spiro atoms. The Bertz CT molecular complexity index is 254. The first-order valence-corrected chi connectivity index (χ1v) is 5.64. The van der Waals surface area contributed by atoms with Crippen LogP contribution in [0.5, 0.6) is 0 Å². The third-order valence-electron chi connectivity index (χ3n) is 3.37. The Morgan fingerprint density at radius 1 is 1.25 bits per heavy atom. The van der Waals surface area contributed by atoms with E-state index in [2.05, 4.69) is 0 Å². The first kappa shape index (κ1) is 13.5. The van der Waals surface area contributed by atoms with E-state index in [1.54, 1.807) is 0 Å². The largest absolute Gasteiger partial charge is 0.413 e. The molecule has 0 amide bonds. The van der Waals surface area contributed by atoms with Gasteiger partial charge < -0.3 is 5.73 Å². The maximum atomic E-state index is 12.5. The van der Waals surface area contributed by atoms with Gasteiger partial charge in [0.25, 0.3) is 0 Å². The van der Waals surface area contributed by atoms with Crippen LogP contribution < -0.4 is 5.73 Å². The highest BCUT2D eigenvalue weighted by Crippen LogP contribution is 2.33. The van der Waals surface area contributed by atoms with Gasteiger partial charge in [-0.2, -0.15) is 13.2 Å². The normalized spacial score (nSPS) is 22.8. The Morgan fingerprint density at radius 2 is 1.75 bits per heavy atom.